The van der Waals surface area contributed by atoms with Crippen LogP contribution in [-0.4, -0.2) is 21.6 Å². The second-order valence-corrected chi connectivity index (χ2v) is 9.40. The molecule has 3 aromatic rings. The Hall–Kier alpha value is -3.04. The zero-order chi connectivity index (χ0) is 23.8. The SMILES string of the molecule is O=S(=O)(c1cccc(C(F)(F)F)c1)N1CCOc2ccc(/C=C/c3cccc(F)c3Cl)cc21. The zero-order valence-corrected chi connectivity index (χ0v) is 18.4. The van der Waals surface area contributed by atoms with Crippen LogP contribution in [0.3, 0.4) is 0 Å². The van der Waals surface area contributed by atoms with Crippen LogP contribution < -0.4 is 9.04 Å². The number of hydrogen-bond donors (Lipinski definition) is 0. The lowest BCUT2D eigenvalue weighted by atomic mass is 10.1. The average Bonchev–Trinajstić information content (AvgIpc) is 2.79. The van der Waals surface area contributed by atoms with E-state index in [2.05, 4.69) is 0 Å². The van der Waals surface area contributed by atoms with Crippen LogP contribution in [0.1, 0.15) is 16.7 Å². The molecule has 3 aromatic carbocycles. The van der Waals surface area contributed by atoms with Crippen LogP contribution in [0.4, 0.5) is 23.2 Å². The van der Waals surface area contributed by atoms with Gasteiger partial charge in [-0.3, -0.25) is 4.31 Å². The first kappa shape index (κ1) is 23.1. The van der Waals surface area contributed by atoms with Crippen LogP contribution in [0.2, 0.25) is 5.02 Å². The van der Waals surface area contributed by atoms with Crippen molar-refractivity contribution in [2.75, 3.05) is 17.5 Å². The zero-order valence-electron chi connectivity index (χ0n) is 16.8. The number of hydrogen-bond acceptors (Lipinski definition) is 3. The van der Waals surface area contributed by atoms with Crippen LogP contribution >= 0.6 is 11.6 Å². The molecule has 1 aliphatic heterocycles. The Labute approximate surface area is 192 Å². The molecule has 4 nitrogen and oxygen atoms in total. The molecule has 1 heterocycles. The van der Waals surface area contributed by atoms with Crippen LogP contribution in [0.15, 0.2) is 65.6 Å². The third kappa shape index (κ3) is 4.69. The summed E-state index contributed by atoms with van der Waals surface area (Å²) in [6, 6.07) is 12.7. The van der Waals surface area contributed by atoms with Gasteiger partial charge < -0.3 is 4.74 Å². The number of anilines is 1. The maximum atomic E-state index is 13.6. The summed E-state index contributed by atoms with van der Waals surface area (Å²) < 4.78 is 86.0. The van der Waals surface area contributed by atoms with Gasteiger partial charge in [0.25, 0.3) is 10.0 Å². The van der Waals surface area contributed by atoms with E-state index in [1.807, 2.05) is 0 Å². The van der Waals surface area contributed by atoms with Gasteiger partial charge in [-0.15, -0.1) is 0 Å². The molecular formula is C23H16ClF4NO3S. The summed E-state index contributed by atoms with van der Waals surface area (Å²) in [6.45, 7) is -0.0340. The molecule has 172 valence electrons. The third-order valence-corrected chi connectivity index (χ3v) is 7.20. The predicted octanol–water partition coefficient (Wildman–Crippen LogP) is 6.26. The Kier molecular flexibility index (Phi) is 6.11. The van der Waals surface area contributed by atoms with E-state index in [4.69, 9.17) is 16.3 Å². The Morgan fingerprint density at radius 1 is 1.00 bits per heavy atom. The number of ether oxygens (including phenoxy) is 1. The van der Waals surface area contributed by atoms with Crippen LogP contribution in [-0.2, 0) is 16.2 Å². The minimum Gasteiger partial charge on any atom is -0.489 e. The fourth-order valence-corrected chi connectivity index (χ4v) is 5.05. The molecule has 1 aliphatic rings. The van der Waals surface area contributed by atoms with E-state index in [9.17, 15) is 26.0 Å². The fraction of sp³-hybridized carbons (Fsp3) is 0.130. The van der Waals surface area contributed by atoms with Crippen molar-refractivity contribution in [3.63, 3.8) is 0 Å². The van der Waals surface area contributed by atoms with Gasteiger partial charge in [-0.2, -0.15) is 13.2 Å². The first-order valence-electron chi connectivity index (χ1n) is 9.66. The minimum atomic E-state index is -4.68. The number of benzene rings is 3. The first-order chi connectivity index (χ1) is 15.6. The minimum absolute atomic E-state index is 0.0410. The van der Waals surface area contributed by atoms with Gasteiger partial charge in [0.15, 0.2) is 0 Å². The maximum absolute atomic E-state index is 13.6. The van der Waals surface area contributed by atoms with Crippen molar-refractivity contribution in [1.82, 2.24) is 0 Å². The maximum Gasteiger partial charge on any atom is 0.416 e. The monoisotopic (exact) mass is 497 g/mol. The van der Waals surface area contributed by atoms with Gasteiger partial charge in [0.2, 0.25) is 0 Å². The van der Waals surface area contributed by atoms with Crippen molar-refractivity contribution in [3.05, 3.63) is 88.2 Å². The predicted molar refractivity (Wildman–Crippen MR) is 118 cm³/mol. The van der Waals surface area contributed by atoms with E-state index >= 15 is 0 Å². The smallest absolute Gasteiger partial charge is 0.416 e. The summed E-state index contributed by atoms with van der Waals surface area (Å²) in [6.07, 6.45) is -1.49. The molecule has 4 rings (SSSR count). The highest BCUT2D eigenvalue weighted by Gasteiger charge is 2.34. The summed E-state index contributed by atoms with van der Waals surface area (Å²) in [4.78, 5) is -0.474. The molecule has 33 heavy (non-hydrogen) atoms. The number of rotatable bonds is 4. The Balaban J connectivity index is 1.71. The quantitative estimate of drug-likeness (QED) is 0.316. The van der Waals surface area contributed by atoms with Crippen molar-refractivity contribution < 1.29 is 30.7 Å². The normalized spacial score (nSPS) is 14.3. The molecule has 0 spiro atoms. The highest BCUT2D eigenvalue weighted by Crippen LogP contribution is 2.38. The summed E-state index contributed by atoms with van der Waals surface area (Å²) in [5.74, 6) is -0.297. The molecule has 0 atom stereocenters. The van der Waals surface area contributed by atoms with Gasteiger partial charge in [-0.1, -0.05) is 48.0 Å². The standard InChI is InChI=1S/C23H16ClF4NO3S/c24-22-16(3-1-6-19(22)25)9-7-15-8-10-21-20(13-15)29(11-12-32-21)33(30,31)18-5-2-4-17(14-18)23(26,27)28/h1-10,13-14H,11-12H2/b9-7+. The lowest BCUT2D eigenvalue weighted by molar-refractivity contribution is -0.137. The average molecular weight is 498 g/mol. The van der Waals surface area contributed by atoms with Crippen molar-refractivity contribution in [2.45, 2.75) is 11.1 Å². The summed E-state index contributed by atoms with van der Waals surface area (Å²) in [5, 5.41) is -0.0520. The Bertz CT molecular complexity index is 1340. The van der Waals surface area contributed by atoms with Gasteiger partial charge in [0, 0.05) is 0 Å². The second kappa shape index (κ2) is 8.72. The first-order valence-corrected chi connectivity index (χ1v) is 11.5. The summed E-state index contributed by atoms with van der Waals surface area (Å²) in [7, 11) is -4.30. The fourth-order valence-electron chi connectivity index (χ4n) is 3.36. The highest BCUT2D eigenvalue weighted by atomic mass is 35.5. The Morgan fingerprint density at radius 2 is 1.76 bits per heavy atom. The highest BCUT2D eigenvalue weighted by molar-refractivity contribution is 7.92. The van der Waals surface area contributed by atoms with Crippen molar-refractivity contribution in [3.8, 4) is 5.75 Å². The molecule has 10 heteroatoms. The van der Waals surface area contributed by atoms with Gasteiger partial charge in [-0.25, -0.2) is 12.8 Å². The van der Waals surface area contributed by atoms with Crippen molar-refractivity contribution in [1.29, 1.82) is 0 Å². The van der Waals surface area contributed by atoms with E-state index in [-0.39, 0.29) is 29.6 Å². The number of nitrogens with zero attached hydrogens (tertiary/aromatic N) is 1. The molecule has 0 bridgehead atoms. The van der Waals surface area contributed by atoms with Crippen LogP contribution in [0.5, 0.6) is 5.75 Å². The summed E-state index contributed by atoms with van der Waals surface area (Å²) >= 11 is 5.96. The van der Waals surface area contributed by atoms with Crippen molar-refractivity contribution in [2.24, 2.45) is 0 Å². The van der Waals surface area contributed by atoms with E-state index in [0.29, 0.717) is 17.2 Å². The second-order valence-electron chi connectivity index (χ2n) is 7.15. The van der Waals surface area contributed by atoms with Gasteiger partial charge in [0.05, 0.1) is 27.7 Å². The summed E-state index contributed by atoms with van der Waals surface area (Å²) in [5.41, 5.74) is 0.120. The van der Waals surface area contributed by atoms with Gasteiger partial charge >= 0.3 is 6.18 Å². The number of alkyl halides is 3. The molecule has 0 unspecified atom stereocenters. The van der Waals surface area contributed by atoms with E-state index in [1.165, 1.54) is 18.2 Å². The van der Waals surface area contributed by atoms with Crippen molar-refractivity contribution >= 4 is 39.5 Å². The molecule has 0 radical (unpaired) electrons. The van der Waals surface area contributed by atoms with E-state index in [1.54, 1.807) is 30.4 Å². The number of sulfonamides is 1. The van der Waals surface area contributed by atoms with Gasteiger partial charge in [-0.05, 0) is 47.5 Å². The molecule has 0 aromatic heterocycles. The van der Waals surface area contributed by atoms with Gasteiger partial charge in [0.1, 0.15) is 18.2 Å². The molecule has 0 fully saturated rings. The Morgan fingerprint density at radius 3 is 2.52 bits per heavy atom. The number of halogens is 5. The molecule has 0 aliphatic carbocycles. The number of fused-ring (bicyclic) bond motifs is 1. The third-order valence-electron chi connectivity index (χ3n) is 4.99. The van der Waals surface area contributed by atoms with Crippen LogP contribution in [0, 0.1) is 5.82 Å². The lowest BCUT2D eigenvalue weighted by Gasteiger charge is -2.31. The lowest BCUT2D eigenvalue weighted by Crippen LogP contribution is -2.38. The molecule has 0 saturated carbocycles. The van der Waals surface area contributed by atoms with E-state index in [0.717, 1.165) is 22.5 Å². The van der Waals surface area contributed by atoms with Crippen LogP contribution in [0.25, 0.3) is 12.2 Å². The molecule has 0 saturated heterocycles. The topological polar surface area (TPSA) is 46.6 Å². The molecule has 0 N–H and O–H groups in total. The molecule has 0 amide bonds. The largest absolute Gasteiger partial charge is 0.489 e. The molecular weight excluding hydrogens is 482 g/mol. The van der Waals surface area contributed by atoms with E-state index < -0.39 is 32.5 Å².